The van der Waals surface area contributed by atoms with Gasteiger partial charge in [-0.15, -0.1) is 0 Å². The maximum absolute atomic E-state index is 11.8. The van der Waals surface area contributed by atoms with Crippen molar-refractivity contribution in [3.63, 3.8) is 0 Å². The standard InChI is InChI=1S/C15H16N2O3/c18-15(14-4-2-8-20-14)17-10-11-5-6-12(16-9-11)13-3-1-7-19-13/h1,3,5-7,9,14H,2,4,8,10H2,(H,17,18)/t14-/m0/s1. The molecule has 1 amide bonds. The van der Waals surface area contributed by atoms with Gasteiger partial charge in [0.1, 0.15) is 11.8 Å². The minimum Gasteiger partial charge on any atom is -0.463 e. The van der Waals surface area contributed by atoms with Gasteiger partial charge in [0.15, 0.2) is 5.76 Å². The van der Waals surface area contributed by atoms with Crippen molar-refractivity contribution in [3.05, 3.63) is 42.3 Å². The minimum absolute atomic E-state index is 0.0439. The van der Waals surface area contributed by atoms with E-state index in [2.05, 4.69) is 10.3 Å². The number of carbonyl (C=O) groups is 1. The van der Waals surface area contributed by atoms with E-state index in [1.165, 1.54) is 0 Å². The van der Waals surface area contributed by atoms with Crippen LogP contribution in [0.4, 0.5) is 0 Å². The second-order valence-electron chi connectivity index (χ2n) is 4.75. The van der Waals surface area contributed by atoms with Crippen LogP contribution in [0.25, 0.3) is 11.5 Å². The fourth-order valence-electron chi connectivity index (χ4n) is 2.19. The molecule has 5 heteroatoms. The highest BCUT2D eigenvalue weighted by Gasteiger charge is 2.22. The van der Waals surface area contributed by atoms with Gasteiger partial charge in [0, 0.05) is 19.3 Å². The predicted molar refractivity (Wildman–Crippen MR) is 72.8 cm³/mol. The average Bonchev–Trinajstić information content (AvgIpc) is 3.18. The van der Waals surface area contributed by atoms with E-state index in [1.807, 2.05) is 24.3 Å². The van der Waals surface area contributed by atoms with Crippen LogP contribution in [-0.4, -0.2) is 23.6 Å². The zero-order valence-electron chi connectivity index (χ0n) is 11.0. The van der Waals surface area contributed by atoms with Gasteiger partial charge in [-0.3, -0.25) is 9.78 Å². The van der Waals surface area contributed by atoms with E-state index in [9.17, 15) is 4.79 Å². The molecule has 1 saturated heterocycles. The summed E-state index contributed by atoms with van der Waals surface area (Å²) in [6, 6.07) is 7.50. The first kappa shape index (κ1) is 12.9. The summed E-state index contributed by atoms with van der Waals surface area (Å²) in [7, 11) is 0. The van der Waals surface area contributed by atoms with Crippen LogP contribution in [0.15, 0.2) is 41.1 Å². The zero-order chi connectivity index (χ0) is 13.8. The number of furan rings is 1. The largest absolute Gasteiger partial charge is 0.463 e. The van der Waals surface area contributed by atoms with Gasteiger partial charge in [-0.1, -0.05) is 6.07 Å². The SMILES string of the molecule is O=C(NCc1ccc(-c2ccco2)nc1)[C@@H]1CCCO1. The Balaban J connectivity index is 1.57. The predicted octanol–water partition coefficient (Wildman–Crippen LogP) is 2.14. The van der Waals surface area contributed by atoms with Crippen molar-refractivity contribution in [2.75, 3.05) is 6.61 Å². The molecule has 2 aromatic rings. The molecule has 0 aromatic carbocycles. The lowest BCUT2D eigenvalue weighted by Crippen LogP contribution is -2.33. The number of carbonyl (C=O) groups excluding carboxylic acids is 1. The second kappa shape index (κ2) is 5.88. The maximum atomic E-state index is 11.8. The molecule has 1 atom stereocenters. The quantitative estimate of drug-likeness (QED) is 0.926. The molecule has 1 aliphatic rings. The molecule has 20 heavy (non-hydrogen) atoms. The average molecular weight is 272 g/mol. The van der Waals surface area contributed by atoms with Crippen LogP contribution >= 0.6 is 0 Å². The van der Waals surface area contributed by atoms with Crippen LogP contribution in [0, 0.1) is 0 Å². The van der Waals surface area contributed by atoms with Crippen molar-refractivity contribution in [1.29, 1.82) is 0 Å². The normalized spacial score (nSPS) is 18.1. The number of pyridine rings is 1. The van der Waals surface area contributed by atoms with Gasteiger partial charge in [0.2, 0.25) is 5.91 Å². The molecule has 0 unspecified atom stereocenters. The number of nitrogens with zero attached hydrogens (tertiary/aromatic N) is 1. The lowest BCUT2D eigenvalue weighted by atomic mass is 10.2. The second-order valence-corrected chi connectivity index (χ2v) is 4.75. The van der Waals surface area contributed by atoms with Gasteiger partial charge in [-0.25, -0.2) is 0 Å². The van der Waals surface area contributed by atoms with Crippen LogP contribution < -0.4 is 5.32 Å². The van der Waals surface area contributed by atoms with Crippen LogP contribution in [0.1, 0.15) is 18.4 Å². The third-order valence-electron chi connectivity index (χ3n) is 3.29. The van der Waals surface area contributed by atoms with E-state index in [0.717, 1.165) is 29.9 Å². The number of nitrogens with one attached hydrogen (secondary N) is 1. The van der Waals surface area contributed by atoms with Crippen molar-refractivity contribution < 1.29 is 13.9 Å². The van der Waals surface area contributed by atoms with Crippen molar-refractivity contribution in [1.82, 2.24) is 10.3 Å². The highest BCUT2D eigenvalue weighted by molar-refractivity contribution is 5.80. The topological polar surface area (TPSA) is 64.4 Å². The summed E-state index contributed by atoms with van der Waals surface area (Å²) in [6.07, 6.45) is 4.84. The maximum Gasteiger partial charge on any atom is 0.249 e. The summed E-state index contributed by atoms with van der Waals surface area (Å²) < 4.78 is 10.6. The van der Waals surface area contributed by atoms with E-state index >= 15 is 0 Å². The number of hydrogen-bond donors (Lipinski definition) is 1. The van der Waals surface area contributed by atoms with Crippen molar-refractivity contribution in [2.45, 2.75) is 25.5 Å². The number of ether oxygens (including phenoxy) is 1. The molecule has 1 fully saturated rings. The fourth-order valence-corrected chi connectivity index (χ4v) is 2.19. The summed E-state index contributed by atoms with van der Waals surface area (Å²) in [6.45, 7) is 1.14. The molecule has 1 N–H and O–H groups in total. The Morgan fingerprint density at radius 2 is 2.35 bits per heavy atom. The number of rotatable bonds is 4. The first-order valence-electron chi connectivity index (χ1n) is 6.71. The highest BCUT2D eigenvalue weighted by Crippen LogP contribution is 2.17. The highest BCUT2D eigenvalue weighted by atomic mass is 16.5. The van der Waals surface area contributed by atoms with Gasteiger partial charge in [0.25, 0.3) is 0 Å². The molecule has 1 aliphatic heterocycles. The molecular formula is C15H16N2O3. The van der Waals surface area contributed by atoms with Crippen molar-refractivity contribution in [3.8, 4) is 11.5 Å². The molecule has 5 nitrogen and oxygen atoms in total. The molecule has 0 saturated carbocycles. The van der Waals surface area contributed by atoms with Gasteiger partial charge in [-0.2, -0.15) is 0 Å². The lowest BCUT2D eigenvalue weighted by Gasteiger charge is -2.10. The molecule has 3 heterocycles. The van der Waals surface area contributed by atoms with E-state index in [1.54, 1.807) is 12.5 Å². The van der Waals surface area contributed by atoms with Gasteiger partial charge < -0.3 is 14.5 Å². The van der Waals surface area contributed by atoms with Crippen molar-refractivity contribution >= 4 is 5.91 Å². The Kier molecular flexibility index (Phi) is 3.78. The molecule has 0 bridgehead atoms. The third kappa shape index (κ3) is 2.88. The molecule has 0 aliphatic carbocycles. The zero-order valence-corrected chi connectivity index (χ0v) is 11.0. The molecule has 3 rings (SSSR count). The Hall–Kier alpha value is -2.14. The Morgan fingerprint density at radius 3 is 3.00 bits per heavy atom. The monoisotopic (exact) mass is 272 g/mol. The molecule has 0 spiro atoms. The number of amides is 1. The van der Waals surface area contributed by atoms with Crippen LogP contribution in [0.2, 0.25) is 0 Å². The van der Waals surface area contributed by atoms with E-state index in [4.69, 9.17) is 9.15 Å². The summed E-state index contributed by atoms with van der Waals surface area (Å²) in [5.74, 6) is 0.692. The summed E-state index contributed by atoms with van der Waals surface area (Å²) in [5, 5.41) is 2.87. The number of aromatic nitrogens is 1. The molecule has 2 aromatic heterocycles. The van der Waals surface area contributed by atoms with Gasteiger partial charge in [0.05, 0.1) is 6.26 Å². The van der Waals surface area contributed by atoms with E-state index in [-0.39, 0.29) is 12.0 Å². The van der Waals surface area contributed by atoms with E-state index < -0.39 is 0 Å². The third-order valence-corrected chi connectivity index (χ3v) is 3.29. The smallest absolute Gasteiger partial charge is 0.249 e. The van der Waals surface area contributed by atoms with E-state index in [0.29, 0.717) is 13.2 Å². The summed E-state index contributed by atoms with van der Waals surface area (Å²) >= 11 is 0. The van der Waals surface area contributed by atoms with Crippen molar-refractivity contribution in [2.24, 2.45) is 0 Å². The molecule has 104 valence electrons. The number of hydrogen-bond acceptors (Lipinski definition) is 4. The lowest BCUT2D eigenvalue weighted by molar-refractivity contribution is -0.130. The van der Waals surface area contributed by atoms with Gasteiger partial charge in [-0.05, 0) is 36.6 Å². The Bertz CT molecular complexity index is 557. The van der Waals surface area contributed by atoms with Gasteiger partial charge >= 0.3 is 0 Å². The Labute approximate surface area is 117 Å². The molecular weight excluding hydrogens is 256 g/mol. The van der Waals surface area contributed by atoms with Crippen LogP contribution in [-0.2, 0) is 16.1 Å². The minimum atomic E-state index is -0.287. The first-order valence-corrected chi connectivity index (χ1v) is 6.71. The van der Waals surface area contributed by atoms with Crippen LogP contribution in [0.3, 0.4) is 0 Å². The first-order chi connectivity index (χ1) is 9.83. The molecule has 0 radical (unpaired) electrons. The summed E-state index contributed by atoms with van der Waals surface area (Å²) in [5.41, 5.74) is 1.73. The van der Waals surface area contributed by atoms with Crippen LogP contribution in [0.5, 0.6) is 0 Å². The Morgan fingerprint density at radius 1 is 1.40 bits per heavy atom. The summed E-state index contributed by atoms with van der Waals surface area (Å²) in [4.78, 5) is 16.1. The fraction of sp³-hybridized carbons (Fsp3) is 0.333.